The third kappa shape index (κ3) is 3.23. The average molecular weight is 259 g/mol. The molecule has 0 saturated heterocycles. The first-order valence-electron chi connectivity index (χ1n) is 4.27. The average Bonchev–Trinajstić information content (AvgIpc) is 2.26. The SMILES string of the molecule is O=C([O-])CNS(=O)(=O)c1ccccc1[N+](=O)[O-]. The molecule has 0 amide bonds. The minimum atomic E-state index is -4.24. The first-order chi connectivity index (χ1) is 7.84. The fraction of sp³-hybridized carbons (Fsp3) is 0.125. The van der Waals surface area contributed by atoms with E-state index in [0.29, 0.717) is 0 Å². The molecule has 9 heteroatoms. The van der Waals surface area contributed by atoms with E-state index < -0.39 is 38.0 Å². The summed E-state index contributed by atoms with van der Waals surface area (Å²) in [7, 11) is -4.24. The van der Waals surface area contributed by atoms with Crippen molar-refractivity contribution in [2.45, 2.75) is 4.90 Å². The highest BCUT2D eigenvalue weighted by Gasteiger charge is 2.24. The van der Waals surface area contributed by atoms with Gasteiger partial charge >= 0.3 is 0 Å². The van der Waals surface area contributed by atoms with Crippen LogP contribution >= 0.6 is 0 Å². The fourth-order valence-corrected chi connectivity index (χ4v) is 2.21. The summed E-state index contributed by atoms with van der Waals surface area (Å²) < 4.78 is 24.8. The molecule has 1 aromatic rings. The summed E-state index contributed by atoms with van der Waals surface area (Å²) in [5.41, 5.74) is -0.627. The van der Waals surface area contributed by atoms with Gasteiger partial charge in [0.15, 0.2) is 4.90 Å². The Kier molecular flexibility index (Phi) is 3.76. The molecular formula is C8H7N2O6S-. The van der Waals surface area contributed by atoms with Gasteiger partial charge in [0.2, 0.25) is 10.0 Å². The number of benzene rings is 1. The number of para-hydroxylation sites is 1. The van der Waals surface area contributed by atoms with Crippen LogP contribution in [-0.2, 0) is 14.8 Å². The summed E-state index contributed by atoms with van der Waals surface area (Å²) in [5.74, 6) is -1.63. The molecule has 0 aliphatic rings. The standard InChI is InChI=1S/C8H8N2O6S/c11-8(12)5-9-17(15,16)7-4-2-1-3-6(7)10(13)14/h1-4,9H,5H2,(H,11,12)/p-1. The van der Waals surface area contributed by atoms with Gasteiger partial charge in [0.25, 0.3) is 5.69 Å². The molecule has 0 saturated carbocycles. The predicted molar refractivity (Wildman–Crippen MR) is 53.3 cm³/mol. The van der Waals surface area contributed by atoms with E-state index in [1.165, 1.54) is 12.1 Å². The Morgan fingerprint density at radius 2 is 1.94 bits per heavy atom. The van der Waals surface area contributed by atoms with Gasteiger partial charge in [-0.1, -0.05) is 12.1 Å². The topological polar surface area (TPSA) is 129 Å². The van der Waals surface area contributed by atoms with Crippen molar-refractivity contribution in [2.24, 2.45) is 0 Å². The number of hydrogen-bond acceptors (Lipinski definition) is 6. The van der Waals surface area contributed by atoms with Gasteiger partial charge in [-0.05, 0) is 6.07 Å². The van der Waals surface area contributed by atoms with Crippen LogP contribution in [0.15, 0.2) is 29.2 Å². The second-order valence-corrected chi connectivity index (χ2v) is 4.66. The molecule has 0 fully saturated rings. The number of carboxylic acid groups (broad SMARTS) is 1. The van der Waals surface area contributed by atoms with Crippen LogP contribution in [0.3, 0.4) is 0 Å². The lowest BCUT2D eigenvalue weighted by atomic mass is 10.3. The Morgan fingerprint density at radius 1 is 1.35 bits per heavy atom. The number of nitrogens with one attached hydrogen (secondary N) is 1. The largest absolute Gasteiger partial charge is 0.549 e. The van der Waals surface area contributed by atoms with Gasteiger partial charge in [0, 0.05) is 6.07 Å². The van der Waals surface area contributed by atoms with Gasteiger partial charge in [0.1, 0.15) is 0 Å². The molecule has 1 rings (SSSR count). The number of carbonyl (C=O) groups excluding carboxylic acids is 1. The first-order valence-corrected chi connectivity index (χ1v) is 5.76. The number of carbonyl (C=O) groups is 1. The Bertz CT molecular complexity index is 553. The molecule has 0 unspecified atom stereocenters. The van der Waals surface area contributed by atoms with Crippen molar-refractivity contribution < 1.29 is 23.2 Å². The molecule has 0 aliphatic heterocycles. The molecule has 8 nitrogen and oxygen atoms in total. The predicted octanol–water partition coefficient (Wildman–Crippen LogP) is -1.38. The highest BCUT2D eigenvalue weighted by Crippen LogP contribution is 2.22. The lowest BCUT2D eigenvalue weighted by molar-refractivity contribution is -0.387. The van der Waals surface area contributed by atoms with E-state index in [1.807, 2.05) is 0 Å². The number of rotatable bonds is 5. The summed E-state index contributed by atoms with van der Waals surface area (Å²) in [4.78, 5) is 19.3. The van der Waals surface area contributed by atoms with Gasteiger partial charge in [-0.15, -0.1) is 0 Å². The molecule has 92 valence electrons. The summed E-state index contributed by atoms with van der Waals surface area (Å²) in [6.45, 7) is -0.950. The Labute approximate surface area is 96.1 Å². The van der Waals surface area contributed by atoms with Crippen LogP contribution in [0.1, 0.15) is 0 Å². The second kappa shape index (κ2) is 4.89. The number of aliphatic carboxylic acids is 1. The third-order valence-corrected chi connectivity index (χ3v) is 3.21. The molecule has 1 aromatic carbocycles. The van der Waals surface area contributed by atoms with Gasteiger partial charge < -0.3 is 9.90 Å². The van der Waals surface area contributed by atoms with Crippen LogP contribution in [0.5, 0.6) is 0 Å². The molecule has 17 heavy (non-hydrogen) atoms. The van der Waals surface area contributed by atoms with Crippen molar-refractivity contribution in [1.82, 2.24) is 4.72 Å². The summed E-state index contributed by atoms with van der Waals surface area (Å²) in [6, 6.07) is 4.61. The van der Waals surface area contributed by atoms with Gasteiger partial charge in [-0.3, -0.25) is 10.1 Å². The number of nitro benzene ring substituents is 1. The molecule has 0 bridgehead atoms. The summed E-state index contributed by atoms with van der Waals surface area (Å²) >= 11 is 0. The van der Waals surface area contributed by atoms with Crippen LogP contribution in [0.25, 0.3) is 0 Å². The number of carboxylic acids is 1. The quantitative estimate of drug-likeness (QED) is 0.512. The van der Waals surface area contributed by atoms with Crippen molar-refractivity contribution >= 4 is 21.7 Å². The highest BCUT2D eigenvalue weighted by atomic mass is 32.2. The molecule has 0 radical (unpaired) electrons. The lowest BCUT2D eigenvalue weighted by Crippen LogP contribution is -2.37. The smallest absolute Gasteiger partial charge is 0.289 e. The van der Waals surface area contributed by atoms with E-state index in [4.69, 9.17) is 0 Å². The van der Waals surface area contributed by atoms with Gasteiger partial charge in [0.05, 0.1) is 17.4 Å². The van der Waals surface area contributed by atoms with Crippen LogP contribution < -0.4 is 9.83 Å². The van der Waals surface area contributed by atoms with Crippen molar-refractivity contribution in [3.05, 3.63) is 34.4 Å². The molecule has 1 N–H and O–H groups in total. The molecule has 0 spiro atoms. The van der Waals surface area contributed by atoms with E-state index in [1.54, 1.807) is 4.72 Å². The minimum Gasteiger partial charge on any atom is -0.549 e. The Morgan fingerprint density at radius 3 is 2.47 bits per heavy atom. The number of hydrogen-bond donors (Lipinski definition) is 1. The Balaban J connectivity index is 3.15. The molecule has 0 atom stereocenters. The van der Waals surface area contributed by atoms with Crippen LogP contribution in [0.4, 0.5) is 5.69 Å². The van der Waals surface area contributed by atoms with E-state index >= 15 is 0 Å². The van der Waals surface area contributed by atoms with E-state index in [-0.39, 0.29) is 0 Å². The maximum Gasteiger partial charge on any atom is 0.289 e. The maximum absolute atomic E-state index is 11.6. The van der Waals surface area contributed by atoms with Crippen LogP contribution in [-0.4, -0.2) is 25.9 Å². The van der Waals surface area contributed by atoms with Gasteiger partial charge in [-0.25, -0.2) is 13.1 Å². The van der Waals surface area contributed by atoms with Gasteiger partial charge in [-0.2, -0.15) is 0 Å². The molecule has 0 heterocycles. The number of nitro groups is 1. The lowest BCUT2D eigenvalue weighted by Gasteiger charge is -2.07. The third-order valence-electron chi connectivity index (χ3n) is 1.76. The summed E-state index contributed by atoms with van der Waals surface area (Å²) in [6.07, 6.45) is 0. The van der Waals surface area contributed by atoms with Crippen molar-refractivity contribution in [3.63, 3.8) is 0 Å². The first kappa shape index (κ1) is 13.1. The minimum absolute atomic E-state index is 0.591. The normalized spacial score (nSPS) is 11.1. The van der Waals surface area contributed by atoms with E-state index in [9.17, 15) is 28.4 Å². The Hall–Kier alpha value is -2.00. The number of nitrogens with zero attached hydrogens (tertiary/aromatic N) is 1. The fourth-order valence-electron chi connectivity index (χ4n) is 1.07. The van der Waals surface area contributed by atoms with Crippen LogP contribution in [0, 0.1) is 10.1 Å². The van der Waals surface area contributed by atoms with Crippen LogP contribution in [0.2, 0.25) is 0 Å². The van der Waals surface area contributed by atoms with E-state index in [2.05, 4.69) is 0 Å². The summed E-state index contributed by atoms with van der Waals surface area (Å²) in [5, 5.41) is 20.7. The van der Waals surface area contributed by atoms with E-state index in [0.717, 1.165) is 12.1 Å². The molecule has 0 aromatic heterocycles. The zero-order chi connectivity index (χ0) is 13.1. The molecular weight excluding hydrogens is 252 g/mol. The highest BCUT2D eigenvalue weighted by molar-refractivity contribution is 7.89. The van der Waals surface area contributed by atoms with Crippen molar-refractivity contribution in [1.29, 1.82) is 0 Å². The maximum atomic E-state index is 11.6. The number of sulfonamides is 1. The molecule has 0 aliphatic carbocycles. The zero-order valence-corrected chi connectivity index (χ0v) is 9.14. The monoisotopic (exact) mass is 259 g/mol. The van der Waals surface area contributed by atoms with Crippen molar-refractivity contribution in [3.8, 4) is 0 Å². The second-order valence-electron chi connectivity index (χ2n) is 2.92. The van der Waals surface area contributed by atoms with Crippen molar-refractivity contribution in [2.75, 3.05) is 6.54 Å². The zero-order valence-electron chi connectivity index (χ0n) is 8.32.